The van der Waals surface area contributed by atoms with Crippen molar-refractivity contribution in [2.45, 2.75) is 31.7 Å². The molecule has 0 unspecified atom stereocenters. The largest absolute Gasteiger partial charge is 0.464 e. The van der Waals surface area contributed by atoms with Gasteiger partial charge in [-0.2, -0.15) is 0 Å². The van der Waals surface area contributed by atoms with Crippen LogP contribution in [0.25, 0.3) is 0 Å². The van der Waals surface area contributed by atoms with Crippen molar-refractivity contribution in [2.75, 3.05) is 6.61 Å². The minimum absolute atomic E-state index is 0.368. The molecule has 1 aliphatic heterocycles. The van der Waals surface area contributed by atoms with Crippen LogP contribution < -0.4 is 5.32 Å². The highest BCUT2D eigenvalue weighted by Gasteiger charge is 2.27. The van der Waals surface area contributed by atoms with Crippen molar-refractivity contribution >= 4 is 18.2 Å². The smallest absolute Gasteiger partial charge is 0.341 e. The molecule has 1 rings (SSSR count). The molecule has 0 aromatic heterocycles. The van der Waals surface area contributed by atoms with Gasteiger partial charge in [0.2, 0.25) is 0 Å². The number of unbranched alkanes of at least 4 members (excludes halogenated alkanes) is 2. The normalized spacial score (nSPS) is 19.8. The molecule has 1 saturated heterocycles. The van der Waals surface area contributed by atoms with Crippen LogP contribution in [0.5, 0.6) is 0 Å². The SMILES string of the molecule is C=CCCCC=NC(=O)N[C@H]1CCOC1=O. The van der Waals surface area contributed by atoms with Crippen LogP contribution in [0, 0.1) is 0 Å². The molecule has 1 aliphatic rings. The van der Waals surface area contributed by atoms with Crippen LogP contribution in [-0.4, -0.2) is 30.9 Å². The number of ether oxygens (including phenoxy) is 1. The number of carbonyl (C=O) groups excluding carboxylic acids is 2. The van der Waals surface area contributed by atoms with Gasteiger partial charge in [-0.1, -0.05) is 6.08 Å². The van der Waals surface area contributed by atoms with Crippen LogP contribution in [0.1, 0.15) is 25.7 Å². The molecule has 0 saturated carbocycles. The average Bonchev–Trinajstić information content (AvgIpc) is 2.64. The second-order valence-electron chi connectivity index (χ2n) is 3.49. The van der Waals surface area contributed by atoms with Gasteiger partial charge in [0.15, 0.2) is 0 Å². The fourth-order valence-electron chi connectivity index (χ4n) is 1.31. The van der Waals surface area contributed by atoms with Crippen LogP contribution in [0.15, 0.2) is 17.6 Å². The summed E-state index contributed by atoms with van der Waals surface area (Å²) in [7, 11) is 0. The number of aliphatic imine (C=N–C) groups is 1. The van der Waals surface area contributed by atoms with Gasteiger partial charge in [-0.15, -0.1) is 6.58 Å². The summed E-state index contributed by atoms with van der Waals surface area (Å²) in [4.78, 5) is 25.9. The molecule has 88 valence electrons. The molecule has 0 bridgehead atoms. The maximum atomic E-state index is 11.2. The summed E-state index contributed by atoms with van der Waals surface area (Å²) in [6.07, 6.45) is 6.46. The standard InChI is InChI=1S/C11H16N2O3/c1-2-3-4-5-7-12-11(15)13-9-6-8-16-10(9)14/h2,7,9H,1,3-6,8H2,(H,13,15)/t9-/m0/s1. The molecule has 0 aromatic rings. The minimum atomic E-state index is -0.530. The maximum absolute atomic E-state index is 11.2. The number of cyclic esters (lactones) is 1. The number of urea groups is 1. The topological polar surface area (TPSA) is 67.8 Å². The summed E-state index contributed by atoms with van der Waals surface area (Å²) in [5.41, 5.74) is 0. The number of nitrogens with zero attached hydrogens (tertiary/aromatic N) is 1. The molecule has 16 heavy (non-hydrogen) atoms. The van der Waals surface area contributed by atoms with E-state index in [2.05, 4.69) is 16.9 Å². The molecule has 1 atom stereocenters. The van der Waals surface area contributed by atoms with Crippen molar-refractivity contribution in [2.24, 2.45) is 4.99 Å². The van der Waals surface area contributed by atoms with E-state index in [0.717, 1.165) is 19.3 Å². The van der Waals surface area contributed by atoms with Gasteiger partial charge < -0.3 is 10.1 Å². The fraction of sp³-hybridized carbons (Fsp3) is 0.545. The van der Waals surface area contributed by atoms with E-state index in [4.69, 9.17) is 4.74 Å². The highest BCUT2D eigenvalue weighted by Crippen LogP contribution is 2.05. The molecule has 5 heteroatoms. The zero-order chi connectivity index (χ0) is 11.8. The Labute approximate surface area is 94.6 Å². The molecular formula is C11H16N2O3. The Morgan fingerprint density at radius 2 is 2.44 bits per heavy atom. The molecule has 0 spiro atoms. The first-order valence-electron chi connectivity index (χ1n) is 5.34. The third kappa shape index (κ3) is 4.25. The second-order valence-corrected chi connectivity index (χ2v) is 3.49. The zero-order valence-electron chi connectivity index (χ0n) is 9.15. The van der Waals surface area contributed by atoms with E-state index in [-0.39, 0.29) is 5.97 Å². The minimum Gasteiger partial charge on any atom is -0.464 e. The number of allylic oxidation sites excluding steroid dienone is 1. The predicted molar refractivity (Wildman–Crippen MR) is 60.4 cm³/mol. The van der Waals surface area contributed by atoms with Crippen molar-refractivity contribution in [1.29, 1.82) is 0 Å². The molecule has 5 nitrogen and oxygen atoms in total. The Morgan fingerprint density at radius 3 is 3.06 bits per heavy atom. The first-order valence-corrected chi connectivity index (χ1v) is 5.34. The van der Waals surface area contributed by atoms with Gasteiger partial charge in [-0.3, -0.25) is 0 Å². The van der Waals surface area contributed by atoms with Gasteiger partial charge in [0.1, 0.15) is 6.04 Å². The molecule has 1 fully saturated rings. The van der Waals surface area contributed by atoms with Gasteiger partial charge in [0.25, 0.3) is 0 Å². The molecular weight excluding hydrogens is 208 g/mol. The highest BCUT2D eigenvalue weighted by molar-refractivity contribution is 5.88. The quantitative estimate of drug-likeness (QED) is 0.332. The third-order valence-corrected chi connectivity index (χ3v) is 2.18. The van der Waals surface area contributed by atoms with E-state index >= 15 is 0 Å². The molecule has 0 radical (unpaired) electrons. The van der Waals surface area contributed by atoms with Gasteiger partial charge in [0.05, 0.1) is 6.61 Å². The summed E-state index contributed by atoms with van der Waals surface area (Å²) in [5.74, 6) is -0.379. The molecule has 0 aromatic carbocycles. The van der Waals surface area contributed by atoms with E-state index in [1.54, 1.807) is 6.21 Å². The second kappa shape index (κ2) is 6.76. The predicted octanol–water partition coefficient (Wildman–Crippen LogP) is 1.44. The van der Waals surface area contributed by atoms with Crippen molar-refractivity contribution < 1.29 is 14.3 Å². The molecule has 0 aliphatic carbocycles. The van der Waals surface area contributed by atoms with E-state index < -0.39 is 12.1 Å². The summed E-state index contributed by atoms with van der Waals surface area (Å²) < 4.78 is 4.71. The number of esters is 1. The van der Waals surface area contributed by atoms with Crippen molar-refractivity contribution in [3.05, 3.63) is 12.7 Å². The van der Waals surface area contributed by atoms with Gasteiger partial charge in [-0.05, 0) is 19.3 Å². The molecule has 2 amide bonds. The Bertz CT molecular complexity index is 300. The number of amides is 2. The summed E-state index contributed by atoms with van der Waals surface area (Å²) in [6, 6.07) is -1.01. The van der Waals surface area contributed by atoms with Crippen LogP contribution >= 0.6 is 0 Å². The summed E-state index contributed by atoms with van der Waals surface area (Å²) in [5, 5.41) is 2.49. The fourth-order valence-corrected chi connectivity index (χ4v) is 1.31. The molecule has 1 heterocycles. The lowest BCUT2D eigenvalue weighted by molar-refractivity contribution is -0.139. The monoisotopic (exact) mass is 224 g/mol. The van der Waals surface area contributed by atoms with Gasteiger partial charge in [-0.25, -0.2) is 14.6 Å². The zero-order valence-corrected chi connectivity index (χ0v) is 9.15. The van der Waals surface area contributed by atoms with Crippen LogP contribution in [0.2, 0.25) is 0 Å². The summed E-state index contributed by atoms with van der Waals surface area (Å²) in [6.45, 7) is 3.96. The summed E-state index contributed by atoms with van der Waals surface area (Å²) >= 11 is 0. The Hall–Kier alpha value is -1.65. The Kier molecular flexibility index (Phi) is 5.25. The third-order valence-electron chi connectivity index (χ3n) is 2.18. The van der Waals surface area contributed by atoms with E-state index in [0.29, 0.717) is 13.0 Å². The number of carbonyl (C=O) groups is 2. The van der Waals surface area contributed by atoms with E-state index in [9.17, 15) is 9.59 Å². The first-order chi connectivity index (χ1) is 7.74. The molecule has 1 N–H and O–H groups in total. The number of hydrogen-bond acceptors (Lipinski definition) is 3. The number of nitrogens with one attached hydrogen (secondary N) is 1. The van der Waals surface area contributed by atoms with Crippen molar-refractivity contribution in [3.63, 3.8) is 0 Å². The van der Waals surface area contributed by atoms with Gasteiger partial charge >= 0.3 is 12.0 Å². The van der Waals surface area contributed by atoms with E-state index in [1.165, 1.54) is 0 Å². The van der Waals surface area contributed by atoms with Crippen LogP contribution in [0.4, 0.5) is 4.79 Å². The van der Waals surface area contributed by atoms with Crippen molar-refractivity contribution in [3.8, 4) is 0 Å². The number of hydrogen-bond donors (Lipinski definition) is 1. The lowest BCUT2D eigenvalue weighted by Gasteiger charge is -2.04. The first kappa shape index (κ1) is 12.4. The Morgan fingerprint density at radius 1 is 1.62 bits per heavy atom. The van der Waals surface area contributed by atoms with Crippen molar-refractivity contribution in [1.82, 2.24) is 5.32 Å². The highest BCUT2D eigenvalue weighted by atomic mass is 16.5. The lowest BCUT2D eigenvalue weighted by Crippen LogP contribution is -2.36. The van der Waals surface area contributed by atoms with E-state index in [1.807, 2.05) is 6.08 Å². The van der Waals surface area contributed by atoms with Gasteiger partial charge in [0, 0.05) is 12.6 Å². The van der Waals surface area contributed by atoms with Crippen LogP contribution in [-0.2, 0) is 9.53 Å². The Balaban J connectivity index is 2.19. The average molecular weight is 224 g/mol. The lowest BCUT2D eigenvalue weighted by atomic mass is 10.2. The number of rotatable bonds is 5. The van der Waals surface area contributed by atoms with Crippen LogP contribution in [0.3, 0.4) is 0 Å². The maximum Gasteiger partial charge on any atom is 0.341 e.